The zero-order valence-electron chi connectivity index (χ0n) is 27.1. The van der Waals surface area contributed by atoms with Crippen LogP contribution in [0.25, 0.3) is 6.08 Å². The lowest BCUT2D eigenvalue weighted by Crippen LogP contribution is -2.66. The van der Waals surface area contributed by atoms with Gasteiger partial charge in [0.05, 0.1) is 6.10 Å². The quantitative estimate of drug-likeness (QED) is 0.123. The number of fused-ring (bicyclic) bond motifs is 1. The van der Waals surface area contributed by atoms with E-state index in [4.69, 9.17) is 9.41 Å². The number of pyridine rings is 1. The molecule has 0 fully saturated rings. The van der Waals surface area contributed by atoms with E-state index in [1.165, 1.54) is 22.4 Å². The van der Waals surface area contributed by atoms with Gasteiger partial charge in [-0.25, -0.2) is 15.0 Å². The molecule has 1 aliphatic heterocycles. The molecule has 7 heteroatoms. The van der Waals surface area contributed by atoms with E-state index < -0.39 is 14.4 Å². The average Bonchev–Trinajstić information content (AvgIpc) is 3.06. The van der Waals surface area contributed by atoms with Gasteiger partial charge in [0, 0.05) is 43.2 Å². The molecule has 2 aromatic heterocycles. The number of hydrogen-bond donors (Lipinski definition) is 2. The minimum atomic E-state index is -2.53. The van der Waals surface area contributed by atoms with Gasteiger partial charge in [0.2, 0.25) is 0 Å². The Morgan fingerprint density at radius 1 is 0.889 bits per heavy atom. The van der Waals surface area contributed by atoms with Gasteiger partial charge in [0.15, 0.2) is 0 Å². The van der Waals surface area contributed by atoms with Gasteiger partial charge in [-0.1, -0.05) is 106 Å². The van der Waals surface area contributed by atoms with Crippen LogP contribution in [-0.2, 0) is 23.7 Å². The van der Waals surface area contributed by atoms with Crippen molar-refractivity contribution in [3.8, 4) is 0 Å². The molecule has 2 aromatic carbocycles. The van der Waals surface area contributed by atoms with Crippen molar-refractivity contribution in [2.75, 3.05) is 18.5 Å². The van der Waals surface area contributed by atoms with Crippen LogP contribution in [0.1, 0.15) is 75.5 Å². The fourth-order valence-corrected chi connectivity index (χ4v) is 10.9. The maximum absolute atomic E-state index is 10.5. The second kappa shape index (κ2) is 15.6. The van der Waals surface area contributed by atoms with Crippen molar-refractivity contribution in [2.45, 2.75) is 83.3 Å². The molecule has 0 saturated heterocycles. The van der Waals surface area contributed by atoms with Crippen molar-refractivity contribution < 1.29 is 9.53 Å². The largest absolute Gasteiger partial charge is 0.407 e. The van der Waals surface area contributed by atoms with Crippen LogP contribution >= 0.6 is 0 Å². The molecule has 0 unspecified atom stereocenters. The van der Waals surface area contributed by atoms with Crippen LogP contribution in [0, 0.1) is 0 Å². The minimum absolute atomic E-state index is 0.0406. The average molecular weight is 621 g/mol. The van der Waals surface area contributed by atoms with Crippen molar-refractivity contribution >= 4 is 30.6 Å². The van der Waals surface area contributed by atoms with E-state index in [1.54, 1.807) is 0 Å². The van der Waals surface area contributed by atoms with E-state index >= 15 is 0 Å². The van der Waals surface area contributed by atoms with Crippen LogP contribution in [0.15, 0.2) is 91.3 Å². The van der Waals surface area contributed by atoms with E-state index in [0.717, 1.165) is 74.4 Å². The molecular weight excluding hydrogens is 573 g/mol. The summed E-state index contributed by atoms with van der Waals surface area (Å²) in [4.78, 5) is 14.0. The zero-order valence-corrected chi connectivity index (χ0v) is 28.1. The third-order valence-corrected chi connectivity index (χ3v) is 13.7. The van der Waals surface area contributed by atoms with Crippen molar-refractivity contribution in [1.29, 1.82) is 0 Å². The van der Waals surface area contributed by atoms with Gasteiger partial charge in [-0.3, -0.25) is 0 Å². The molecule has 0 radical (unpaired) electrons. The summed E-state index contributed by atoms with van der Waals surface area (Å²) in [5.41, 5.74) is 3.34. The van der Waals surface area contributed by atoms with E-state index in [9.17, 15) is 5.11 Å². The highest BCUT2D eigenvalue weighted by atomic mass is 28.4. The van der Waals surface area contributed by atoms with Gasteiger partial charge in [-0.05, 0) is 65.6 Å². The highest BCUT2D eigenvalue weighted by molar-refractivity contribution is 6.99. The van der Waals surface area contributed by atoms with Crippen molar-refractivity contribution in [2.24, 2.45) is 0 Å². The first-order valence-corrected chi connectivity index (χ1v) is 18.4. The van der Waals surface area contributed by atoms with Gasteiger partial charge in [-0.2, -0.15) is 0 Å². The molecule has 45 heavy (non-hydrogen) atoms. The van der Waals surface area contributed by atoms with Crippen LogP contribution in [0.4, 0.5) is 5.82 Å². The highest BCUT2D eigenvalue weighted by Gasteiger charge is 2.49. The lowest BCUT2D eigenvalue weighted by atomic mass is 10.0. The van der Waals surface area contributed by atoms with Crippen LogP contribution in [0.3, 0.4) is 0 Å². The number of aliphatic hydroxyl groups excluding tert-OH is 1. The molecule has 4 aromatic rings. The summed E-state index contributed by atoms with van der Waals surface area (Å²) < 4.78 is 7.00. The maximum Gasteiger partial charge on any atom is 0.261 e. The lowest BCUT2D eigenvalue weighted by molar-refractivity contribution is 0.209. The second-order valence-corrected chi connectivity index (χ2v) is 17.4. The molecule has 0 aliphatic carbocycles. The third kappa shape index (κ3) is 8.54. The molecule has 0 spiro atoms. The monoisotopic (exact) mass is 620 g/mol. The number of nitrogens with zero attached hydrogens (tertiary/aromatic N) is 3. The fourth-order valence-electron chi connectivity index (χ4n) is 6.28. The normalized spacial score (nSPS) is 14.2. The van der Waals surface area contributed by atoms with Crippen LogP contribution in [-0.4, -0.2) is 47.6 Å². The number of aliphatic hydroxyl groups is 1. The number of aryl methyl sites for hydroxylation is 3. The van der Waals surface area contributed by atoms with Crippen LogP contribution < -0.4 is 15.7 Å². The lowest BCUT2D eigenvalue weighted by Gasteiger charge is -2.43. The molecule has 0 amide bonds. The molecule has 5 rings (SSSR count). The minimum Gasteiger partial charge on any atom is -0.407 e. The maximum atomic E-state index is 10.5. The Kier molecular flexibility index (Phi) is 11.3. The predicted molar refractivity (Wildman–Crippen MR) is 188 cm³/mol. The Labute approximate surface area is 270 Å². The van der Waals surface area contributed by atoms with Crippen molar-refractivity contribution in [3.05, 3.63) is 114 Å². The fraction of sp³-hybridized carbons (Fsp3) is 0.395. The van der Waals surface area contributed by atoms with Gasteiger partial charge < -0.3 is 14.8 Å². The molecule has 2 N–H and O–H groups in total. The number of hydrogen-bond acceptors (Lipinski definition) is 6. The first kappa shape index (κ1) is 32.7. The zero-order chi connectivity index (χ0) is 31.5. The molecule has 1 atom stereocenters. The van der Waals surface area contributed by atoms with E-state index in [0.29, 0.717) is 6.61 Å². The number of anilines is 1. The topological polar surface area (TPSA) is 80.2 Å². The van der Waals surface area contributed by atoms with Crippen molar-refractivity contribution in [1.82, 2.24) is 15.0 Å². The summed E-state index contributed by atoms with van der Waals surface area (Å²) in [5.74, 6) is 1.86. The first-order chi connectivity index (χ1) is 21.8. The number of benzene rings is 2. The summed E-state index contributed by atoms with van der Waals surface area (Å²) in [5, 5.41) is 16.4. The molecule has 1 aliphatic rings. The highest BCUT2D eigenvalue weighted by Crippen LogP contribution is 2.36. The predicted octanol–water partition coefficient (Wildman–Crippen LogP) is 6.53. The smallest absolute Gasteiger partial charge is 0.261 e. The Hall–Kier alpha value is -3.65. The Bertz CT molecular complexity index is 1470. The summed E-state index contributed by atoms with van der Waals surface area (Å²) in [6.07, 6.45) is 14.4. The summed E-state index contributed by atoms with van der Waals surface area (Å²) in [6, 6.07) is 25.9. The summed E-state index contributed by atoms with van der Waals surface area (Å²) >= 11 is 0. The summed E-state index contributed by atoms with van der Waals surface area (Å²) in [6.45, 7) is 8.56. The van der Waals surface area contributed by atoms with Gasteiger partial charge in [0.1, 0.15) is 11.6 Å². The summed E-state index contributed by atoms with van der Waals surface area (Å²) in [7, 11) is -2.53. The number of rotatable bonds is 14. The molecule has 0 bridgehead atoms. The number of nitrogens with one attached hydrogen (secondary N) is 1. The van der Waals surface area contributed by atoms with Gasteiger partial charge in [0.25, 0.3) is 8.32 Å². The first-order valence-electron chi connectivity index (χ1n) is 16.5. The van der Waals surface area contributed by atoms with E-state index in [1.807, 2.05) is 24.5 Å². The van der Waals surface area contributed by atoms with E-state index in [2.05, 4.69) is 109 Å². The van der Waals surface area contributed by atoms with E-state index in [-0.39, 0.29) is 5.04 Å². The Morgan fingerprint density at radius 3 is 2.24 bits per heavy atom. The molecule has 3 heterocycles. The molecule has 6 nitrogen and oxygen atoms in total. The Morgan fingerprint density at radius 2 is 1.58 bits per heavy atom. The Balaban J connectivity index is 1.08. The molecular formula is C38H48N4O2Si. The number of aromatic nitrogens is 3. The third-order valence-electron chi connectivity index (χ3n) is 8.65. The second-order valence-electron chi connectivity index (χ2n) is 13.1. The van der Waals surface area contributed by atoms with Gasteiger partial charge in [-0.15, -0.1) is 0 Å². The van der Waals surface area contributed by atoms with Crippen LogP contribution in [0.2, 0.25) is 5.04 Å². The van der Waals surface area contributed by atoms with Crippen molar-refractivity contribution in [3.63, 3.8) is 0 Å². The SMILES string of the molecule is CC(C)(C)[Si](OCCCc1ncc(/C=C/[C@H](O)CCCCc2ccc3c(n2)NCCC3)cn1)(c1ccccc1)c1ccccc1. The van der Waals surface area contributed by atoms with Gasteiger partial charge >= 0.3 is 0 Å². The molecule has 0 saturated carbocycles. The standard InChI is InChI=1S/C38H48N4O2Si/c1-38(2,3)45(34-17-6-4-7-18-34,35-19-8-5-9-20-35)44-27-13-21-36-40-28-30(29-41-36)22-25-33(43)16-11-10-15-32-24-23-31-14-12-26-39-37(31)42-32/h4-9,17-20,22-25,28-29,33,43H,10-16,21,26-27H2,1-3H3,(H,39,42)/b25-22+/t33-/m1/s1. The van der Waals surface area contributed by atoms with Crippen LogP contribution in [0.5, 0.6) is 0 Å². The number of unbranched alkanes of at least 4 members (excludes halogenated alkanes) is 1. The molecule has 236 valence electrons.